The molecule has 1 aliphatic carbocycles. The molecule has 1 aromatic heterocycles. The molecule has 1 fully saturated rings. The number of nitrogens with two attached hydrogens (primary N) is 1. The molecule has 5 heteroatoms. The van der Waals surface area contributed by atoms with Gasteiger partial charge in [-0.05, 0) is 19.8 Å². The van der Waals surface area contributed by atoms with Crippen LogP contribution in [-0.4, -0.2) is 29.7 Å². The molecule has 2 N–H and O–H groups in total. The Kier molecular flexibility index (Phi) is 4.96. The highest BCUT2D eigenvalue weighted by atomic mass is 16.5. The summed E-state index contributed by atoms with van der Waals surface area (Å²) in [4.78, 5) is 11.1. The summed E-state index contributed by atoms with van der Waals surface area (Å²) in [5.74, 6) is 2.12. The van der Waals surface area contributed by atoms with E-state index < -0.39 is 0 Å². The maximum Gasteiger partial charge on any atom is 0.158 e. The van der Waals surface area contributed by atoms with Gasteiger partial charge in [-0.1, -0.05) is 19.3 Å². The molecule has 106 valence electrons. The van der Waals surface area contributed by atoms with E-state index in [1.165, 1.54) is 32.1 Å². The Hall–Kier alpha value is -1.36. The summed E-state index contributed by atoms with van der Waals surface area (Å²) in [5.41, 5.74) is 5.88. The van der Waals surface area contributed by atoms with Crippen molar-refractivity contribution in [3.8, 4) is 0 Å². The van der Waals surface area contributed by atoms with Gasteiger partial charge in [-0.25, -0.2) is 9.97 Å². The number of hydrogen-bond acceptors (Lipinski definition) is 5. The minimum absolute atomic E-state index is 0.403. The third-order valence-corrected chi connectivity index (χ3v) is 3.70. The molecule has 0 bridgehead atoms. The zero-order valence-electron chi connectivity index (χ0n) is 11.9. The van der Waals surface area contributed by atoms with E-state index in [2.05, 4.69) is 21.8 Å². The van der Waals surface area contributed by atoms with Gasteiger partial charge in [0.15, 0.2) is 5.82 Å². The average Bonchev–Trinajstić information content (AvgIpc) is 2.40. The third kappa shape index (κ3) is 3.56. The van der Waals surface area contributed by atoms with E-state index in [1.807, 2.05) is 6.07 Å². The molecular weight excluding hydrogens is 240 g/mol. The van der Waals surface area contributed by atoms with E-state index in [-0.39, 0.29) is 0 Å². The number of nitrogen functional groups attached to an aromatic ring is 1. The van der Waals surface area contributed by atoms with Crippen LogP contribution in [0.3, 0.4) is 0 Å². The minimum Gasteiger partial charge on any atom is -0.384 e. The number of anilines is 2. The number of hydrogen-bond donors (Lipinski definition) is 1. The predicted octanol–water partition coefficient (Wildman–Crippen LogP) is 2.36. The second-order valence-electron chi connectivity index (χ2n) is 5.08. The molecule has 1 aliphatic rings. The van der Waals surface area contributed by atoms with E-state index in [9.17, 15) is 0 Å². The Morgan fingerprint density at radius 2 is 2.05 bits per heavy atom. The Morgan fingerprint density at radius 1 is 1.32 bits per heavy atom. The molecule has 0 aliphatic heterocycles. The topological polar surface area (TPSA) is 64.3 Å². The van der Waals surface area contributed by atoms with E-state index >= 15 is 0 Å². The van der Waals surface area contributed by atoms with Crippen LogP contribution in [0, 0.1) is 0 Å². The molecule has 0 saturated heterocycles. The lowest BCUT2D eigenvalue weighted by Crippen LogP contribution is -2.37. The highest BCUT2D eigenvalue weighted by Gasteiger charge is 2.21. The molecule has 0 unspecified atom stereocenters. The van der Waals surface area contributed by atoms with Gasteiger partial charge in [-0.2, -0.15) is 0 Å². The van der Waals surface area contributed by atoms with Crippen molar-refractivity contribution >= 4 is 11.6 Å². The lowest BCUT2D eigenvalue weighted by Gasteiger charge is -2.34. The first-order valence-electron chi connectivity index (χ1n) is 7.13. The highest BCUT2D eigenvalue weighted by Crippen LogP contribution is 2.26. The lowest BCUT2D eigenvalue weighted by atomic mass is 9.94. The SMILES string of the molecule is CCN(c1cc(N)nc(COC)n1)C1CCCCC1. The quantitative estimate of drug-likeness (QED) is 0.884. The number of methoxy groups -OCH3 is 1. The van der Waals surface area contributed by atoms with Gasteiger partial charge in [-0.3, -0.25) is 0 Å². The van der Waals surface area contributed by atoms with Gasteiger partial charge in [0.05, 0.1) is 0 Å². The molecule has 0 amide bonds. The van der Waals surface area contributed by atoms with Crippen LogP contribution in [0.2, 0.25) is 0 Å². The smallest absolute Gasteiger partial charge is 0.158 e. The van der Waals surface area contributed by atoms with Crippen molar-refractivity contribution in [3.63, 3.8) is 0 Å². The van der Waals surface area contributed by atoms with Gasteiger partial charge in [0.2, 0.25) is 0 Å². The summed E-state index contributed by atoms with van der Waals surface area (Å²) >= 11 is 0. The molecule has 0 spiro atoms. The van der Waals surface area contributed by atoms with Crippen molar-refractivity contribution in [1.29, 1.82) is 0 Å². The lowest BCUT2D eigenvalue weighted by molar-refractivity contribution is 0.178. The van der Waals surface area contributed by atoms with E-state index in [1.54, 1.807) is 7.11 Å². The molecule has 0 atom stereocenters. The highest BCUT2D eigenvalue weighted by molar-refractivity contribution is 5.47. The number of aromatic nitrogens is 2. The molecule has 19 heavy (non-hydrogen) atoms. The molecule has 0 aromatic carbocycles. The largest absolute Gasteiger partial charge is 0.384 e. The van der Waals surface area contributed by atoms with Gasteiger partial charge in [0, 0.05) is 25.8 Å². The standard InChI is InChI=1S/C14H24N4O/c1-3-18(11-7-5-4-6-8-11)14-9-12(15)16-13(17-14)10-19-2/h9,11H,3-8,10H2,1-2H3,(H2,15,16,17). The summed E-state index contributed by atoms with van der Waals surface area (Å²) in [6, 6.07) is 2.46. The van der Waals surface area contributed by atoms with Crippen molar-refractivity contribution in [2.45, 2.75) is 51.7 Å². The van der Waals surface area contributed by atoms with Crippen molar-refractivity contribution in [2.75, 3.05) is 24.3 Å². The Morgan fingerprint density at radius 3 is 2.68 bits per heavy atom. The number of nitrogens with zero attached hydrogens (tertiary/aromatic N) is 3. The van der Waals surface area contributed by atoms with Crippen LogP contribution in [-0.2, 0) is 11.3 Å². The van der Waals surface area contributed by atoms with Crippen LogP contribution < -0.4 is 10.6 Å². The van der Waals surface area contributed by atoms with Gasteiger partial charge >= 0.3 is 0 Å². The molecule has 2 rings (SSSR count). The first kappa shape index (κ1) is 14.1. The zero-order valence-corrected chi connectivity index (χ0v) is 11.9. The molecule has 5 nitrogen and oxygen atoms in total. The molecule has 1 aromatic rings. The van der Waals surface area contributed by atoms with E-state index in [0.717, 1.165) is 12.4 Å². The monoisotopic (exact) mass is 264 g/mol. The van der Waals surface area contributed by atoms with E-state index in [0.29, 0.717) is 24.3 Å². The fourth-order valence-corrected chi connectivity index (χ4v) is 2.84. The first-order chi connectivity index (χ1) is 9.24. The van der Waals surface area contributed by atoms with Gasteiger partial charge in [-0.15, -0.1) is 0 Å². The predicted molar refractivity (Wildman–Crippen MR) is 77.1 cm³/mol. The summed E-state index contributed by atoms with van der Waals surface area (Å²) in [7, 11) is 1.64. The minimum atomic E-state index is 0.403. The van der Waals surface area contributed by atoms with Crippen LogP contribution in [0.15, 0.2) is 6.07 Å². The third-order valence-electron chi connectivity index (χ3n) is 3.70. The van der Waals surface area contributed by atoms with E-state index in [4.69, 9.17) is 10.5 Å². The van der Waals surface area contributed by atoms with Crippen molar-refractivity contribution in [3.05, 3.63) is 11.9 Å². The van der Waals surface area contributed by atoms with Crippen LogP contribution >= 0.6 is 0 Å². The molecule has 1 heterocycles. The van der Waals surface area contributed by atoms with Gasteiger partial charge < -0.3 is 15.4 Å². The Balaban J connectivity index is 2.21. The maximum absolute atomic E-state index is 5.88. The summed E-state index contributed by atoms with van der Waals surface area (Å²) in [6.07, 6.45) is 6.48. The number of rotatable bonds is 5. The number of ether oxygens (including phenoxy) is 1. The summed E-state index contributed by atoms with van der Waals surface area (Å²) in [5, 5.41) is 0. The Bertz CT molecular complexity index is 404. The van der Waals surface area contributed by atoms with Crippen molar-refractivity contribution in [1.82, 2.24) is 9.97 Å². The summed E-state index contributed by atoms with van der Waals surface area (Å²) in [6.45, 7) is 3.52. The average molecular weight is 264 g/mol. The van der Waals surface area contributed by atoms with Crippen LogP contribution in [0.5, 0.6) is 0 Å². The molecule has 1 saturated carbocycles. The van der Waals surface area contributed by atoms with Gasteiger partial charge in [0.1, 0.15) is 18.2 Å². The fraction of sp³-hybridized carbons (Fsp3) is 0.714. The van der Waals surface area contributed by atoms with Gasteiger partial charge in [0.25, 0.3) is 0 Å². The maximum atomic E-state index is 5.88. The zero-order chi connectivity index (χ0) is 13.7. The normalized spacial score (nSPS) is 16.5. The van der Waals surface area contributed by atoms with Crippen molar-refractivity contribution < 1.29 is 4.74 Å². The fourth-order valence-electron chi connectivity index (χ4n) is 2.84. The Labute approximate surface area is 115 Å². The molecule has 0 radical (unpaired) electrons. The van der Waals surface area contributed by atoms with Crippen LogP contribution in [0.1, 0.15) is 44.9 Å². The molecular formula is C14H24N4O. The van der Waals surface area contributed by atoms with Crippen LogP contribution in [0.25, 0.3) is 0 Å². The van der Waals surface area contributed by atoms with Crippen molar-refractivity contribution in [2.24, 2.45) is 0 Å². The van der Waals surface area contributed by atoms with Crippen LogP contribution in [0.4, 0.5) is 11.6 Å². The second kappa shape index (κ2) is 6.70. The second-order valence-corrected chi connectivity index (χ2v) is 5.08. The first-order valence-corrected chi connectivity index (χ1v) is 7.13. The summed E-state index contributed by atoms with van der Waals surface area (Å²) < 4.78 is 5.10.